The lowest BCUT2D eigenvalue weighted by Crippen LogP contribution is -2.41. The minimum Gasteiger partial charge on any atom is -0.493 e. The van der Waals surface area contributed by atoms with E-state index >= 15 is 0 Å². The van der Waals surface area contributed by atoms with Crippen LogP contribution < -0.4 is 4.74 Å². The molecule has 19 heavy (non-hydrogen) atoms. The van der Waals surface area contributed by atoms with Gasteiger partial charge in [-0.3, -0.25) is 0 Å². The normalized spacial score (nSPS) is 25.0. The first-order valence-corrected chi connectivity index (χ1v) is 8.27. The third kappa shape index (κ3) is 3.32. The van der Waals surface area contributed by atoms with Gasteiger partial charge in [-0.2, -0.15) is 0 Å². The van der Waals surface area contributed by atoms with E-state index in [4.69, 9.17) is 4.74 Å². The maximum atomic E-state index is 5.95. The molecule has 0 aromatic heterocycles. The molecule has 1 unspecified atom stereocenters. The molecule has 1 saturated heterocycles. The maximum absolute atomic E-state index is 5.95. The minimum atomic E-state index is 0.790. The van der Waals surface area contributed by atoms with Crippen molar-refractivity contribution < 1.29 is 4.74 Å². The molecule has 0 amide bonds. The van der Waals surface area contributed by atoms with Gasteiger partial charge in [0, 0.05) is 17.1 Å². The van der Waals surface area contributed by atoms with E-state index in [1.54, 1.807) is 0 Å². The molecule has 0 radical (unpaired) electrons. The SMILES string of the molecule is Brc1ccc2c(c1)CCC1CCCCN1CCCO2. The van der Waals surface area contributed by atoms with Crippen molar-refractivity contribution in [2.24, 2.45) is 0 Å². The molecule has 0 aliphatic carbocycles. The van der Waals surface area contributed by atoms with Crippen molar-refractivity contribution in [3.8, 4) is 5.75 Å². The number of benzene rings is 1. The quantitative estimate of drug-likeness (QED) is 0.715. The van der Waals surface area contributed by atoms with Crippen LogP contribution in [-0.4, -0.2) is 30.6 Å². The van der Waals surface area contributed by atoms with Crippen molar-refractivity contribution >= 4 is 15.9 Å². The van der Waals surface area contributed by atoms with E-state index in [1.165, 1.54) is 44.3 Å². The molecular formula is C16H22BrNO. The Morgan fingerprint density at radius 1 is 1.11 bits per heavy atom. The molecule has 3 rings (SSSR count). The highest BCUT2D eigenvalue weighted by Gasteiger charge is 2.23. The van der Waals surface area contributed by atoms with Crippen molar-refractivity contribution in [3.63, 3.8) is 0 Å². The number of nitrogens with zero attached hydrogens (tertiary/aromatic N) is 1. The zero-order valence-electron chi connectivity index (χ0n) is 11.4. The summed E-state index contributed by atoms with van der Waals surface area (Å²) in [4.78, 5) is 2.69. The minimum absolute atomic E-state index is 0.790. The van der Waals surface area contributed by atoms with Gasteiger partial charge in [-0.25, -0.2) is 0 Å². The van der Waals surface area contributed by atoms with Crippen LogP contribution >= 0.6 is 15.9 Å². The third-order valence-corrected chi connectivity index (χ3v) is 4.86. The number of rotatable bonds is 0. The first-order valence-electron chi connectivity index (χ1n) is 7.48. The van der Waals surface area contributed by atoms with Crippen LogP contribution in [0.3, 0.4) is 0 Å². The van der Waals surface area contributed by atoms with E-state index in [9.17, 15) is 0 Å². The van der Waals surface area contributed by atoms with Crippen molar-refractivity contribution in [1.29, 1.82) is 0 Å². The van der Waals surface area contributed by atoms with Gasteiger partial charge in [0.1, 0.15) is 5.75 Å². The van der Waals surface area contributed by atoms with Gasteiger partial charge in [0.15, 0.2) is 0 Å². The van der Waals surface area contributed by atoms with E-state index in [0.717, 1.165) is 35.7 Å². The monoisotopic (exact) mass is 323 g/mol. The summed E-state index contributed by atoms with van der Waals surface area (Å²) >= 11 is 3.57. The summed E-state index contributed by atoms with van der Waals surface area (Å²) in [5.41, 5.74) is 1.36. The highest BCUT2D eigenvalue weighted by molar-refractivity contribution is 9.10. The average molecular weight is 324 g/mol. The van der Waals surface area contributed by atoms with Gasteiger partial charge in [-0.1, -0.05) is 22.4 Å². The summed E-state index contributed by atoms with van der Waals surface area (Å²) < 4.78 is 7.11. The second-order valence-corrected chi connectivity index (χ2v) is 6.59. The highest BCUT2D eigenvalue weighted by Crippen LogP contribution is 2.28. The van der Waals surface area contributed by atoms with E-state index in [-0.39, 0.29) is 0 Å². The summed E-state index contributed by atoms with van der Waals surface area (Å²) in [6.07, 6.45) is 7.71. The van der Waals surface area contributed by atoms with Crippen LogP contribution in [0.15, 0.2) is 22.7 Å². The maximum Gasteiger partial charge on any atom is 0.122 e. The lowest BCUT2D eigenvalue weighted by molar-refractivity contribution is 0.127. The predicted molar refractivity (Wildman–Crippen MR) is 81.8 cm³/mol. The third-order valence-electron chi connectivity index (χ3n) is 4.37. The van der Waals surface area contributed by atoms with Gasteiger partial charge in [-0.05, 0) is 62.4 Å². The van der Waals surface area contributed by atoms with Gasteiger partial charge >= 0.3 is 0 Å². The van der Waals surface area contributed by atoms with E-state index < -0.39 is 0 Å². The Labute approximate surface area is 124 Å². The summed E-state index contributed by atoms with van der Waals surface area (Å²) in [7, 11) is 0. The van der Waals surface area contributed by atoms with Gasteiger partial charge < -0.3 is 9.64 Å². The van der Waals surface area contributed by atoms with Crippen LogP contribution in [0.2, 0.25) is 0 Å². The number of hydrogen-bond donors (Lipinski definition) is 0. The lowest BCUT2D eigenvalue weighted by atomic mass is 9.95. The topological polar surface area (TPSA) is 12.5 Å². The molecule has 104 valence electrons. The van der Waals surface area contributed by atoms with Crippen LogP contribution in [0.5, 0.6) is 5.75 Å². The Morgan fingerprint density at radius 2 is 2.00 bits per heavy atom. The largest absolute Gasteiger partial charge is 0.493 e. The molecule has 2 nitrogen and oxygen atoms in total. The average Bonchev–Trinajstić information content (AvgIpc) is 2.44. The van der Waals surface area contributed by atoms with Crippen molar-refractivity contribution in [2.75, 3.05) is 19.7 Å². The fourth-order valence-electron chi connectivity index (χ4n) is 3.34. The van der Waals surface area contributed by atoms with Gasteiger partial charge in [0.25, 0.3) is 0 Å². The van der Waals surface area contributed by atoms with Gasteiger partial charge in [0.05, 0.1) is 6.61 Å². The van der Waals surface area contributed by atoms with E-state index in [1.807, 2.05) is 0 Å². The van der Waals surface area contributed by atoms with Crippen molar-refractivity contribution in [1.82, 2.24) is 4.90 Å². The molecule has 1 atom stereocenters. The molecule has 2 aliphatic heterocycles. The fraction of sp³-hybridized carbons (Fsp3) is 0.625. The smallest absolute Gasteiger partial charge is 0.122 e. The molecule has 3 heteroatoms. The van der Waals surface area contributed by atoms with Gasteiger partial charge in [0.2, 0.25) is 0 Å². The number of hydrogen-bond acceptors (Lipinski definition) is 2. The molecule has 1 aromatic carbocycles. The highest BCUT2D eigenvalue weighted by atomic mass is 79.9. The second-order valence-electron chi connectivity index (χ2n) is 5.68. The number of ether oxygens (including phenoxy) is 1. The molecule has 0 N–H and O–H groups in total. The number of piperidine rings is 1. The first kappa shape index (κ1) is 13.4. The van der Waals surface area contributed by atoms with E-state index in [2.05, 4.69) is 39.0 Å². The lowest BCUT2D eigenvalue weighted by Gasteiger charge is -2.36. The molecule has 2 aliphatic rings. The van der Waals surface area contributed by atoms with Crippen molar-refractivity contribution in [3.05, 3.63) is 28.2 Å². The molecule has 0 saturated carbocycles. The summed E-state index contributed by atoms with van der Waals surface area (Å²) in [5.74, 6) is 1.09. The molecular weight excluding hydrogens is 302 g/mol. The Kier molecular flexibility index (Phi) is 4.44. The number of halogens is 1. The summed E-state index contributed by atoms with van der Waals surface area (Å²) in [6, 6.07) is 7.21. The summed E-state index contributed by atoms with van der Waals surface area (Å²) in [5, 5.41) is 0. The predicted octanol–water partition coefficient (Wildman–Crippen LogP) is 4.02. The Morgan fingerprint density at radius 3 is 2.95 bits per heavy atom. The Bertz CT molecular complexity index is 435. The first-order chi connectivity index (χ1) is 9.33. The second kappa shape index (κ2) is 6.27. The number of fused-ring (bicyclic) bond motifs is 2. The standard InChI is InChI=1S/C16H22BrNO/c17-14-6-8-16-13(12-14)5-7-15-4-1-2-9-18(15)10-3-11-19-16/h6,8,12,15H,1-5,7,9-11H2. The molecule has 2 heterocycles. The van der Waals surface area contributed by atoms with Crippen LogP contribution in [0.25, 0.3) is 0 Å². The molecule has 0 spiro atoms. The van der Waals surface area contributed by atoms with Gasteiger partial charge in [-0.15, -0.1) is 0 Å². The van der Waals surface area contributed by atoms with Crippen molar-refractivity contribution in [2.45, 2.75) is 44.6 Å². The van der Waals surface area contributed by atoms with Crippen LogP contribution in [0.4, 0.5) is 0 Å². The fourth-order valence-corrected chi connectivity index (χ4v) is 3.75. The Hall–Kier alpha value is -0.540. The number of aryl methyl sites for hydroxylation is 1. The Balaban J connectivity index is 1.78. The van der Waals surface area contributed by atoms with Crippen LogP contribution in [-0.2, 0) is 6.42 Å². The van der Waals surface area contributed by atoms with Crippen LogP contribution in [0, 0.1) is 0 Å². The molecule has 0 bridgehead atoms. The molecule has 1 aromatic rings. The zero-order valence-corrected chi connectivity index (χ0v) is 13.0. The molecule has 1 fully saturated rings. The zero-order chi connectivity index (χ0) is 13.1. The summed E-state index contributed by atoms with van der Waals surface area (Å²) in [6.45, 7) is 3.34. The van der Waals surface area contributed by atoms with Crippen LogP contribution in [0.1, 0.15) is 37.7 Å². The van der Waals surface area contributed by atoms with E-state index in [0.29, 0.717) is 0 Å².